The number of anilines is 1. The van der Waals surface area contributed by atoms with Gasteiger partial charge >= 0.3 is 0 Å². The molecule has 0 saturated heterocycles. The van der Waals surface area contributed by atoms with Crippen LogP contribution >= 0.6 is 0 Å². The zero-order chi connectivity index (χ0) is 9.97. The summed E-state index contributed by atoms with van der Waals surface area (Å²) in [5.74, 6) is 0.651. The minimum atomic E-state index is -0.0751. The van der Waals surface area contributed by atoms with Crippen molar-refractivity contribution in [3.8, 4) is 0 Å². The lowest BCUT2D eigenvalue weighted by atomic mass is 9.87. The Hall–Kier alpha value is -1.03. The van der Waals surface area contributed by atoms with Crippen molar-refractivity contribution >= 4 is 5.69 Å². The number of aliphatic hydroxyl groups is 1. The second-order valence-corrected chi connectivity index (χ2v) is 4.17. The number of nitrogen functional groups attached to an aromatic ring is 1. The van der Waals surface area contributed by atoms with Gasteiger partial charge in [0.15, 0.2) is 0 Å². The van der Waals surface area contributed by atoms with Crippen molar-refractivity contribution in [2.45, 2.75) is 38.3 Å². The van der Waals surface area contributed by atoms with E-state index < -0.39 is 0 Å². The minimum absolute atomic E-state index is 0.0751. The third-order valence-electron chi connectivity index (χ3n) is 2.91. The largest absolute Gasteiger partial charge is 0.396 e. The molecule has 0 aromatic carbocycles. The molecule has 1 saturated carbocycles. The van der Waals surface area contributed by atoms with Crippen molar-refractivity contribution in [1.82, 2.24) is 9.78 Å². The lowest BCUT2D eigenvalue weighted by Gasteiger charge is -2.25. The highest BCUT2D eigenvalue weighted by atomic mass is 16.3. The third-order valence-corrected chi connectivity index (χ3v) is 2.91. The van der Waals surface area contributed by atoms with Crippen LogP contribution in [0, 0.1) is 5.92 Å². The maximum Gasteiger partial charge on any atom is 0.0719 e. The molecule has 4 heteroatoms. The van der Waals surface area contributed by atoms with Crippen LogP contribution in [0.1, 0.15) is 25.7 Å². The lowest BCUT2D eigenvalue weighted by Crippen LogP contribution is -2.21. The van der Waals surface area contributed by atoms with Gasteiger partial charge in [-0.25, -0.2) is 0 Å². The summed E-state index contributed by atoms with van der Waals surface area (Å²) in [6, 6.07) is 0. The molecule has 0 unspecified atom stereocenters. The Morgan fingerprint density at radius 1 is 1.43 bits per heavy atom. The molecule has 0 amide bonds. The fraction of sp³-hybridized carbons (Fsp3) is 0.700. The van der Waals surface area contributed by atoms with E-state index in [0.29, 0.717) is 5.92 Å². The Kier molecular flexibility index (Phi) is 2.72. The van der Waals surface area contributed by atoms with E-state index in [1.54, 1.807) is 6.20 Å². The lowest BCUT2D eigenvalue weighted by molar-refractivity contribution is 0.103. The molecule has 0 atom stereocenters. The molecular weight excluding hydrogens is 178 g/mol. The van der Waals surface area contributed by atoms with Gasteiger partial charge in [-0.15, -0.1) is 0 Å². The van der Waals surface area contributed by atoms with Gasteiger partial charge < -0.3 is 10.8 Å². The Labute approximate surface area is 83.7 Å². The highest BCUT2D eigenvalue weighted by molar-refractivity contribution is 5.30. The smallest absolute Gasteiger partial charge is 0.0719 e. The maximum atomic E-state index is 9.35. The van der Waals surface area contributed by atoms with Crippen LogP contribution in [0.5, 0.6) is 0 Å². The summed E-state index contributed by atoms with van der Waals surface area (Å²) in [5.41, 5.74) is 6.31. The zero-order valence-electron chi connectivity index (χ0n) is 8.26. The number of hydrogen-bond donors (Lipinski definition) is 2. The first-order valence-corrected chi connectivity index (χ1v) is 5.20. The normalized spacial score (nSPS) is 27.8. The molecule has 1 heterocycles. The molecule has 1 aliphatic carbocycles. The number of nitrogens with zero attached hydrogens (tertiary/aromatic N) is 2. The van der Waals surface area contributed by atoms with Crippen LogP contribution < -0.4 is 5.73 Å². The average Bonchev–Trinajstić information content (AvgIpc) is 2.56. The van der Waals surface area contributed by atoms with E-state index in [9.17, 15) is 5.11 Å². The first-order valence-electron chi connectivity index (χ1n) is 5.20. The Bertz CT molecular complexity index is 289. The fourth-order valence-electron chi connectivity index (χ4n) is 2.07. The van der Waals surface area contributed by atoms with E-state index in [4.69, 9.17) is 5.73 Å². The average molecular weight is 195 g/mol. The molecule has 1 fully saturated rings. The number of hydrogen-bond acceptors (Lipinski definition) is 3. The number of aromatic nitrogens is 2. The molecule has 0 radical (unpaired) electrons. The summed E-state index contributed by atoms with van der Waals surface area (Å²) in [5, 5.41) is 13.5. The molecule has 4 nitrogen and oxygen atoms in total. The van der Waals surface area contributed by atoms with Gasteiger partial charge in [-0.2, -0.15) is 5.10 Å². The van der Waals surface area contributed by atoms with E-state index in [2.05, 4.69) is 5.10 Å². The van der Waals surface area contributed by atoms with Gasteiger partial charge in [-0.1, -0.05) is 0 Å². The van der Waals surface area contributed by atoms with Crippen LogP contribution in [0.2, 0.25) is 0 Å². The first-order chi connectivity index (χ1) is 6.74. The van der Waals surface area contributed by atoms with E-state index in [0.717, 1.165) is 37.9 Å². The van der Waals surface area contributed by atoms with Crippen molar-refractivity contribution in [2.24, 2.45) is 5.92 Å². The highest BCUT2D eigenvalue weighted by Crippen LogP contribution is 2.25. The van der Waals surface area contributed by atoms with Crippen LogP contribution in [0.25, 0.3) is 0 Å². The molecular formula is C10H17N3O. The predicted octanol–water partition coefficient (Wildman–Crippen LogP) is 1.02. The van der Waals surface area contributed by atoms with Crippen LogP contribution in [0.4, 0.5) is 5.69 Å². The highest BCUT2D eigenvalue weighted by Gasteiger charge is 2.19. The Balaban J connectivity index is 1.86. The number of aliphatic hydroxyl groups excluding tert-OH is 1. The second-order valence-electron chi connectivity index (χ2n) is 4.17. The van der Waals surface area contributed by atoms with E-state index in [1.165, 1.54) is 0 Å². The van der Waals surface area contributed by atoms with Crippen LogP contribution in [-0.4, -0.2) is 21.0 Å². The molecule has 3 N–H and O–H groups in total. The Morgan fingerprint density at radius 3 is 2.71 bits per heavy atom. The van der Waals surface area contributed by atoms with Gasteiger partial charge in [-0.3, -0.25) is 4.68 Å². The topological polar surface area (TPSA) is 64.1 Å². The van der Waals surface area contributed by atoms with Crippen molar-refractivity contribution in [1.29, 1.82) is 0 Å². The van der Waals surface area contributed by atoms with Crippen molar-refractivity contribution < 1.29 is 5.11 Å². The van der Waals surface area contributed by atoms with Crippen LogP contribution in [0.3, 0.4) is 0 Å². The third kappa shape index (κ3) is 2.26. The van der Waals surface area contributed by atoms with Crippen LogP contribution in [-0.2, 0) is 6.54 Å². The van der Waals surface area contributed by atoms with Crippen molar-refractivity contribution in [3.63, 3.8) is 0 Å². The Morgan fingerprint density at radius 2 is 2.14 bits per heavy atom. The molecule has 14 heavy (non-hydrogen) atoms. The SMILES string of the molecule is Nc1cnn(CC2CCC(O)CC2)c1. The summed E-state index contributed by atoms with van der Waals surface area (Å²) in [6.45, 7) is 0.934. The van der Waals surface area contributed by atoms with Gasteiger partial charge in [0.2, 0.25) is 0 Å². The van der Waals surface area contributed by atoms with E-state index >= 15 is 0 Å². The molecule has 1 aromatic heterocycles. The van der Waals surface area contributed by atoms with Gasteiger partial charge in [0.25, 0.3) is 0 Å². The first kappa shape index (κ1) is 9.52. The summed E-state index contributed by atoms with van der Waals surface area (Å²) >= 11 is 0. The maximum absolute atomic E-state index is 9.35. The molecule has 0 spiro atoms. The van der Waals surface area contributed by atoms with Crippen molar-refractivity contribution in [3.05, 3.63) is 12.4 Å². The van der Waals surface area contributed by atoms with Gasteiger partial charge in [0.1, 0.15) is 0 Å². The van der Waals surface area contributed by atoms with Gasteiger partial charge in [0.05, 0.1) is 18.0 Å². The molecule has 78 valence electrons. The van der Waals surface area contributed by atoms with Crippen LogP contribution in [0.15, 0.2) is 12.4 Å². The molecule has 2 rings (SSSR count). The summed E-state index contributed by atoms with van der Waals surface area (Å²) in [6.07, 6.45) is 7.53. The minimum Gasteiger partial charge on any atom is -0.396 e. The number of nitrogens with two attached hydrogens (primary N) is 1. The second kappa shape index (κ2) is 4.00. The molecule has 1 aliphatic rings. The predicted molar refractivity (Wildman–Crippen MR) is 54.6 cm³/mol. The van der Waals surface area contributed by atoms with E-state index in [-0.39, 0.29) is 6.10 Å². The van der Waals surface area contributed by atoms with Gasteiger partial charge in [-0.05, 0) is 31.6 Å². The number of rotatable bonds is 2. The molecule has 0 bridgehead atoms. The van der Waals surface area contributed by atoms with E-state index in [1.807, 2.05) is 10.9 Å². The standard InChI is InChI=1S/C10H17N3O/c11-9-5-12-13(7-9)6-8-1-3-10(14)4-2-8/h5,7-8,10,14H,1-4,6,11H2. The quantitative estimate of drug-likeness (QED) is 0.740. The summed E-state index contributed by atoms with van der Waals surface area (Å²) < 4.78 is 1.90. The van der Waals surface area contributed by atoms with Gasteiger partial charge in [0, 0.05) is 12.7 Å². The summed E-state index contributed by atoms with van der Waals surface area (Å²) in [7, 11) is 0. The zero-order valence-corrected chi connectivity index (χ0v) is 8.26. The molecule has 0 aliphatic heterocycles. The summed E-state index contributed by atoms with van der Waals surface area (Å²) in [4.78, 5) is 0. The fourth-order valence-corrected chi connectivity index (χ4v) is 2.07. The monoisotopic (exact) mass is 195 g/mol. The van der Waals surface area contributed by atoms with Crippen molar-refractivity contribution in [2.75, 3.05) is 5.73 Å². The molecule has 1 aromatic rings.